The molecule has 1 N–H and O–H groups in total. The fourth-order valence-corrected chi connectivity index (χ4v) is 2.50. The molecule has 0 spiro atoms. The summed E-state index contributed by atoms with van der Waals surface area (Å²) in [7, 11) is 0. The number of hydrogen-bond donors (Lipinski definition) is 1. The van der Waals surface area contributed by atoms with Crippen molar-refractivity contribution in [2.75, 3.05) is 0 Å². The van der Waals surface area contributed by atoms with Gasteiger partial charge in [-0.15, -0.1) is 0 Å². The Morgan fingerprint density at radius 1 is 1.20 bits per heavy atom. The Balaban J connectivity index is 1.71. The zero-order chi connectivity index (χ0) is 13.9. The number of furan rings is 1. The topological polar surface area (TPSA) is 38.1 Å². The highest BCUT2D eigenvalue weighted by molar-refractivity contribution is 9.10. The van der Waals surface area contributed by atoms with Crippen molar-refractivity contribution in [2.45, 2.75) is 19.5 Å². The predicted octanol–water partition coefficient (Wildman–Crippen LogP) is 4.44. The normalized spacial score (nSPS) is 12.7. The molecule has 0 saturated heterocycles. The lowest BCUT2D eigenvalue weighted by Crippen LogP contribution is -2.18. The van der Waals surface area contributed by atoms with Gasteiger partial charge in [0.2, 0.25) is 0 Å². The number of benzene rings is 1. The summed E-state index contributed by atoms with van der Waals surface area (Å²) in [4.78, 5) is 4.41. The molecule has 3 aromatic rings. The van der Waals surface area contributed by atoms with Crippen LogP contribution in [0.25, 0.3) is 11.0 Å². The summed E-state index contributed by atoms with van der Waals surface area (Å²) in [5, 5.41) is 4.56. The van der Waals surface area contributed by atoms with E-state index in [9.17, 15) is 0 Å². The van der Waals surface area contributed by atoms with Gasteiger partial charge in [0, 0.05) is 11.9 Å². The highest BCUT2D eigenvalue weighted by Gasteiger charge is 2.11. The van der Waals surface area contributed by atoms with Crippen molar-refractivity contribution in [3.8, 4) is 0 Å². The third-order valence-corrected chi connectivity index (χ3v) is 3.68. The number of para-hydroxylation sites is 1. The molecule has 0 amide bonds. The van der Waals surface area contributed by atoms with Crippen LogP contribution in [0.5, 0.6) is 0 Å². The lowest BCUT2D eigenvalue weighted by atomic mass is 10.2. The van der Waals surface area contributed by atoms with Gasteiger partial charge < -0.3 is 9.73 Å². The molecule has 0 radical (unpaired) electrons. The van der Waals surface area contributed by atoms with Gasteiger partial charge in [-0.05, 0) is 47.1 Å². The summed E-state index contributed by atoms with van der Waals surface area (Å²) in [6, 6.07) is 16.2. The van der Waals surface area contributed by atoms with Crippen LogP contribution >= 0.6 is 15.9 Å². The predicted molar refractivity (Wildman–Crippen MR) is 83.4 cm³/mol. The molecule has 4 heteroatoms. The highest BCUT2D eigenvalue weighted by atomic mass is 79.9. The molecule has 20 heavy (non-hydrogen) atoms. The van der Waals surface area contributed by atoms with E-state index in [0.717, 1.165) is 27.0 Å². The molecule has 0 aliphatic heterocycles. The molecule has 1 atom stereocenters. The standard InChI is InChI=1S/C16H15BrN2O/c1-11(18-10-13-6-4-8-16(17)19-13)15-9-12-5-2-3-7-14(12)20-15/h2-9,11,18H,10H2,1H3. The minimum absolute atomic E-state index is 0.142. The van der Waals surface area contributed by atoms with E-state index in [-0.39, 0.29) is 6.04 Å². The summed E-state index contributed by atoms with van der Waals surface area (Å²) >= 11 is 3.38. The molecule has 0 saturated carbocycles. The Morgan fingerprint density at radius 2 is 2.05 bits per heavy atom. The van der Waals surface area contributed by atoms with Gasteiger partial charge in [0.15, 0.2) is 0 Å². The monoisotopic (exact) mass is 330 g/mol. The molecule has 0 aliphatic rings. The number of nitrogens with zero attached hydrogens (tertiary/aromatic N) is 1. The molecule has 0 bridgehead atoms. The van der Waals surface area contributed by atoms with Gasteiger partial charge in [-0.25, -0.2) is 4.98 Å². The van der Waals surface area contributed by atoms with Crippen molar-refractivity contribution in [1.29, 1.82) is 0 Å². The minimum atomic E-state index is 0.142. The summed E-state index contributed by atoms with van der Waals surface area (Å²) < 4.78 is 6.70. The number of rotatable bonds is 4. The molecular weight excluding hydrogens is 316 g/mol. The summed E-state index contributed by atoms with van der Waals surface area (Å²) in [5.41, 5.74) is 1.93. The van der Waals surface area contributed by atoms with Gasteiger partial charge in [-0.2, -0.15) is 0 Å². The third-order valence-electron chi connectivity index (χ3n) is 3.23. The van der Waals surface area contributed by atoms with Gasteiger partial charge in [-0.3, -0.25) is 0 Å². The molecule has 3 rings (SSSR count). The van der Waals surface area contributed by atoms with Crippen LogP contribution in [0.15, 0.2) is 57.6 Å². The summed E-state index contributed by atoms with van der Waals surface area (Å²) in [6.07, 6.45) is 0. The van der Waals surface area contributed by atoms with Crippen molar-refractivity contribution >= 4 is 26.9 Å². The van der Waals surface area contributed by atoms with Crippen molar-refractivity contribution < 1.29 is 4.42 Å². The Kier molecular flexibility index (Phi) is 3.85. The van der Waals surface area contributed by atoms with Crippen molar-refractivity contribution in [3.63, 3.8) is 0 Å². The molecule has 0 aliphatic carbocycles. The smallest absolute Gasteiger partial charge is 0.134 e. The number of hydrogen-bond acceptors (Lipinski definition) is 3. The number of pyridine rings is 1. The fraction of sp³-hybridized carbons (Fsp3) is 0.188. The van der Waals surface area contributed by atoms with Crippen LogP contribution in [0.3, 0.4) is 0 Å². The number of aromatic nitrogens is 1. The first-order valence-corrected chi connectivity index (χ1v) is 7.35. The van der Waals surface area contributed by atoms with Gasteiger partial charge in [0.25, 0.3) is 0 Å². The summed E-state index contributed by atoms with van der Waals surface area (Å²) in [6.45, 7) is 2.80. The molecule has 102 valence electrons. The van der Waals surface area contributed by atoms with E-state index in [1.165, 1.54) is 0 Å². The van der Waals surface area contributed by atoms with Crippen LogP contribution in [-0.4, -0.2) is 4.98 Å². The Labute approximate surface area is 126 Å². The molecule has 2 heterocycles. The SMILES string of the molecule is CC(NCc1cccc(Br)n1)c1cc2ccccc2o1. The van der Waals surface area contributed by atoms with Gasteiger partial charge >= 0.3 is 0 Å². The van der Waals surface area contributed by atoms with E-state index in [4.69, 9.17) is 4.42 Å². The molecule has 0 fully saturated rings. The maximum atomic E-state index is 5.85. The Hall–Kier alpha value is -1.65. The van der Waals surface area contributed by atoms with E-state index in [1.54, 1.807) is 0 Å². The van der Waals surface area contributed by atoms with Gasteiger partial charge in [0.05, 0.1) is 11.7 Å². The highest BCUT2D eigenvalue weighted by Crippen LogP contribution is 2.23. The Bertz CT molecular complexity index is 690. The largest absolute Gasteiger partial charge is 0.459 e. The summed E-state index contributed by atoms with van der Waals surface area (Å²) in [5.74, 6) is 0.946. The average Bonchev–Trinajstić information content (AvgIpc) is 2.89. The quantitative estimate of drug-likeness (QED) is 0.718. The second-order valence-corrected chi connectivity index (χ2v) is 5.55. The van der Waals surface area contributed by atoms with Crippen LogP contribution in [0.1, 0.15) is 24.4 Å². The number of fused-ring (bicyclic) bond motifs is 1. The van der Waals surface area contributed by atoms with Crippen molar-refractivity contribution in [3.05, 3.63) is 64.6 Å². The van der Waals surface area contributed by atoms with Crippen LogP contribution in [-0.2, 0) is 6.54 Å². The van der Waals surface area contributed by atoms with Gasteiger partial charge in [0.1, 0.15) is 15.9 Å². The third kappa shape index (κ3) is 2.92. The first kappa shape index (κ1) is 13.3. The first-order chi connectivity index (χ1) is 9.72. The molecule has 1 unspecified atom stereocenters. The lowest BCUT2D eigenvalue weighted by molar-refractivity contribution is 0.449. The second-order valence-electron chi connectivity index (χ2n) is 4.74. The van der Waals surface area contributed by atoms with Crippen molar-refractivity contribution in [1.82, 2.24) is 10.3 Å². The van der Waals surface area contributed by atoms with E-state index < -0.39 is 0 Å². The maximum Gasteiger partial charge on any atom is 0.134 e. The molecule has 2 aromatic heterocycles. The van der Waals surface area contributed by atoms with E-state index in [2.05, 4.69) is 45.3 Å². The number of halogens is 1. The fourth-order valence-electron chi connectivity index (χ4n) is 2.12. The van der Waals surface area contributed by atoms with Crippen LogP contribution in [0, 0.1) is 0 Å². The second kappa shape index (κ2) is 5.77. The minimum Gasteiger partial charge on any atom is -0.459 e. The van der Waals surface area contributed by atoms with E-state index >= 15 is 0 Å². The van der Waals surface area contributed by atoms with E-state index in [0.29, 0.717) is 6.54 Å². The van der Waals surface area contributed by atoms with Gasteiger partial charge in [-0.1, -0.05) is 24.3 Å². The maximum absolute atomic E-state index is 5.85. The number of nitrogens with one attached hydrogen (secondary N) is 1. The van der Waals surface area contributed by atoms with Crippen LogP contribution in [0.2, 0.25) is 0 Å². The first-order valence-electron chi connectivity index (χ1n) is 6.55. The average molecular weight is 331 g/mol. The molecule has 3 nitrogen and oxygen atoms in total. The van der Waals surface area contributed by atoms with Crippen LogP contribution < -0.4 is 5.32 Å². The molecular formula is C16H15BrN2O. The van der Waals surface area contributed by atoms with E-state index in [1.807, 2.05) is 36.4 Å². The van der Waals surface area contributed by atoms with Crippen LogP contribution in [0.4, 0.5) is 0 Å². The Morgan fingerprint density at radius 3 is 2.85 bits per heavy atom. The zero-order valence-corrected chi connectivity index (χ0v) is 12.7. The lowest BCUT2D eigenvalue weighted by Gasteiger charge is -2.10. The van der Waals surface area contributed by atoms with Crippen molar-refractivity contribution in [2.24, 2.45) is 0 Å². The zero-order valence-electron chi connectivity index (χ0n) is 11.1. The molecule has 1 aromatic carbocycles.